The van der Waals surface area contributed by atoms with Gasteiger partial charge < -0.3 is 4.42 Å². The van der Waals surface area contributed by atoms with Crippen LogP contribution in [0.15, 0.2) is 65.3 Å². The molecular weight excluding hydrogens is 304 g/mol. The molecule has 0 N–H and O–H groups in total. The van der Waals surface area contributed by atoms with Crippen molar-refractivity contribution in [2.45, 2.75) is 0 Å². The summed E-state index contributed by atoms with van der Waals surface area (Å²) in [6.07, 6.45) is 3.15. The molecule has 0 amide bonds. The molecule has 2 aromatic carbocycles. The van der Waals surface area contributed by atoms with E-state index in [1.54, 1.807) is 24.5 Å². The molecule has 6 heteroatoms. The quantitative estimate of drug-likeness (QED) is 0.468. The van der Waals surface area contributed by atoms with E-state index < -0.39 is 0 Å². The predicted octanol–water partition coefficient (Wildman–Crippen LogP) is 3.25. The number of carbonyl (C=O) groups is 1. The first-order valence-electron chi connectivity index (χ1n) is 7.43. The van der Waals surface area contributed by atoms with Gasteiger partial charge in [-0.05, 0) is 22.9 Å². The average molecular weight is 314 g/mol. The van der Waals surface area contributed by atoms with Crippen LogP contribution >= 0.6 is 0 Å². The lowest BCUT2D eigenvalue weighted by molar-refractivity contribution is 0.100. The van der Waals surface area contributed by atoms with Gasteiger partial charge in [0, 0.05) is 11.5 Å². The highest BCUT2D eigenvalue weighted by Crippen LogP contribution is 2.28. The van der Waals surface area contributed by atoms with Crippen molar-refractivity contribution in [3.8, 4) is 0 Å². The van der Waals surface area contributed by atoms with Crippen LogP contribution in [0, 0.1) is 0 Å². The predicted molar refractivity (Wildman–Crippen MR) is 87.9 cm³/mol. The van der Waals surface area contributed by atoms with Gasteiger partial charge in [-0.2, -0.15) is 5.10 Å². The van der Waals surface area contributed by atoms with E-state index >= 15 is 0 Å². The zero-order valence-electron chi connectivity index (χ0n) is 12.4. The van der Waals surface area contributed by atoms with Crippen molar-refractivity contribution in [1.29, 1.82) is 0 Å². The van der Waals surface area contributed by atoms with Crippen molar-refractivity contribution in [3.05, 3.63) is 72.4 Å². The number of hydrogen-bond acceptors (Lipinski definition) is 5. The number of carbonyl (C=O) groups excluding carboxylic acids is 1. The van der Waals surface area contributed by atoms with Crippen LogP contribution in [-0.4, -0.2) is 25.6 Å². The monoisotopic (exact) mass is 314 g/mol. The second kappa shape index (κ2) is 4.73. The largest absolute Gasteiger partial charge is 0.452 e. The van der Waals surface area contributed by atoms with E-state index in [0.29, 0.717) is 11.2 Å². The van der Waals surface area contributed by atoms with Crippen molar-refractivity contribution >= 4 is 33.2 Å². The minimum absolute atomic E-state index is 0.189. The zero-order chi connectivity index (χ0) is 16.1. The van der Waals surface area contributed by atoms with Crippen molar-refractivity contribution in [3.63, 3.8) is 0 Å². The SMILES string of the molecule is O=C(c1cn2nccc2nn1)c1cc2c(ccc3ccccc32)o1. The number of fused-ring (bicyclic) bond motifs is 4. The Balaban J connectivity index is 1.67. The van der Waals surface area contributed by atoms with E-state index in [2.05, 4.69) is 15.3 Å². The Labute approximate surface area is 135 Å². The first-order valence-corrected chi connectivity index (χ1v) is 7.43. The van der Waals surface area contributed by atoms with E-state index in [4.69, 9.17) is 4.42 Å². The molecule has 0 unspecified atom stereocenters. The van der Waals surface area contributed by atoms with E-state index in [-0.39, 0.29) is 17.2 Å². The highest BCUT2D eigenvalue weighted by Gasteiger charge is 2.18. The summed E-state index contributed by atoms with van der Waals surface area (Å²) in [4.78, 5) is 12.7. The molecule has 0 bridgehead atoms. The molecule has 3 heterocycles. The Kier molecular flexibility index (Phi) is 2.55. The van der Waals surface area contributed by atoms with E-state index in [1.807, 2.05) is 36.4 Å². The van der Waals surface area contributed by atoms with Gasteiger partial charge >= 0.3 is 0 Å². The van der Waals surface area contributed by atoms with Crippen LogP contribution in [0.5, 0.6) is 0 Å². The van der Waals surface area contributed by atoms with Crippen molar-refractivity contribution in [2.24, 2.45) is 0 Å². The van der Waals surface area contributed by atoms with Crippen LogP contribution in [0.2, 0.25) is 0 Å². The van der Waals surface area contributed by atoms with Crippen LogP contribution in [0.3, 0.4) is 0 Å². The first kappa shape index (κ1) is 13.0. The molecule has 6 nitrogen and oxygen atoms in total. The van der Waals surface area contributed by atoms with Gasteiger partial charge in [0.05, 0.1) is 12.4 Å². The Hall–Kier alpha value is -3.54. The standard InChI is InChI=1S/C18H10N4O2/c23-18(14-10-22-17(21-20-14)7-8-19-22)16-9-13-12-4-2-1-3-11(12)5-6-15(13)24-16/h1-10H. The molecular formula is C18H10N4O2. The van der Waals surface area contributed by atoms with Crippen LogP contribution in [-0.2, 0) is 0 Å². The summed E-state index contributed by atoms with van der Waals surface area (Å²) in [7, 11) is 0. The van der Waals surface area contributed by atoms with Crippen LogP contribution in [0.1, 0.15) is 16.2 Å². The molecule has 24 heavy (non-hydrogen) atoms. The highest BCUT2D eigenvalue weighted by atomic mass is 16.3. The van der Waals surface area contributed by atoms with Gasteiger partial charge in [-0.3, -0.25) is 4.79 Å². The number of rotatable bonds is 2. The number of nitrogens with zero attached hydrogens (tertiary/aromatic N) is 4. The molecule has 0 aliphatic rings. The Morgan fingerprint density at radius 1 is 1.00 bits per heavy atom. The summed E-state index contributed by atoms with van der Waals surface area (Å²) in [6, 6.07) is 15.3. The van der Waals surface area contributed by atoms with E-state index in [0.717, 1.165) is 16.2 Å². The summed E-state index contributed by atoms with van der Waals surface area (Å²) in [5, 5.41) is 15.1. The maximum atomic E-state index is 12.7. The summed E-state index contributed by atoms with van der Waals surface area (Å²) in [5.41, 5.74) is 1.45. The van der Waals surface area contributed by atoms with Gasteiger partial charge in [0.15, 0.2) is 17.1 Å². The second-order valence-corrected chi connectivity index (χ2v) is 5.49. The molecule has 0 atom stereocenters. The van der Waals surface area contributed by atoms with Gasteiger partial charge in [-0.25, -0.2) is 4.52 Å². The van der Waals surface area contributed by atoms with Gasteiger partial charge in [-0.1, -0.05) is 30.3 Å². The second-order valence-electron chi connectivity index (χ2n) is 5.49. The highest BCUT2D eigenvalue weighted by molar-refractivity contribution is 6.12. The summed E-state index contributed by atoms with van der Waals surface area (Å²) < 4.78 is 7.25. The summed E-state index contributed by atoms with van der Waals surface area (Å²) in [6.45, 7) is 0. The number of hydrogen-bond donors (Lipinski definition) is 0. The number of aromatic nitrogens is 4. The summed E-state index contributed by atoms with van der Waals surface area (Å²) >= 11 is 0. The van der Waals surface area contributed by atoms with Crippen LogP contribution < -0.4 is 0 Å². The minimum atomic E-state index is -0.319. The number of benzene rings is 2. The van der Waals surface area contributed by atoms with E-state index in [9.17, 15) is 4.79 Å². The van der Waals surface area contributed by atoms with Crippen molar-refractivity contribution < 1.29 is 9.21 Å². The molecule has 5 aromatic rings. The summed E-state index contributed by atoms with van der Waals surface area (Å²) in [5.74, 6) is -0.0812. The zero-order valence-corrected chi connectivity index (χ0v) is 12.4. The maximum Gasteiger partial charge on any atom is 0.249 e. The molecule has 0 aliphatic heterocycles. The molecule has 3 aromatic heterocycles. The Morgan fingerprint density at radius 2 is 1.92 bits per heavy atom. The van der Waals surface area contributed by atoms with Gasteiger partial charge in [0.25, 0.3) is 0 Å². The van der Waals surface area contributed by atoms with Crippen LogP contribution in [0.4, 0.5) is 0 Å². The molecule has 114 valence electrons. The lowest BCUT2D eigenvalue weighted by Crippen LogP contribution is -2.07. The third-order valence-corrected chi connectivity index (χ3v) is 4.04. The Bertz CT molecular complexity index is 1240. The third kappa shape index (κ3) is 1.83. The fourth-order valence-electron chi connectivity index (χ4n) is 2.87. The molecule has 0 saturated heterocycles. The fraction of sp³-hybridized carbons (Fsp3) is 0. The molecule has 0 fully saturated rings. The number of furan rings is 1. The molecule has 0 radical (unpaired) electrons. The Morgan fingerprint density at radius 3 is 2.88 bits per heavy atom. The first-order chi connectivity index (χ1) is 11.8. The van der Waals surface area contributed by atoms with Crippen LogP contribution in [0.25, 0.3) is 27.4 Å². The molecule has 0 spiro atoms. The van der Waals surface area contributed by atoms with Gasteiger partial charge in [0.1, 0.15) is 5.58 Å². The normalized spacial score (nSPS) is 11.5. The smallest absolute Gasteiger partial charge is 0.249 e. The maximum absolute atomic E-state index is 12.7. The lowest BCUT2D eigenvalue weighted by atomic mass is 10.1. The fourth-order valence-corrected chi connectivity index (χ4v) is 2.87. The van der Waals surface area contributed by atoms with E-state index in [1.165, 1.54) is 4.52 Å². The molecule has 0 aliphatic carbocycles. The topological polar surface area (TPSA) is 73.3 Å². The lowest BCUT2D eigenvalue weighted by Gasteiger charge is -1.96. The molecule has 0 saturated carbocycles. The van der Waals surface area contributed by atoms with Crippen molar-refractivity contribution in [1.82, 2.24) is 19.8 Å². The number of ketones is 1. The third-order valence-electron chi connectivity index (χ3n) is 4.04. The molecule has 5 rings (SSSR count). The minimum Gasteiger partial charge on any atom is -0.452 e. The van der Waals surface area contributed by atoms with Crippen molar-refractivity contribution in [2.75, 3.05) is 0 Å². The van der Waals surface area contributed by atoms with Gasteiger partial charge in [-0.15, -0.1) is 10.2 Å². The van der Waals surface area contributed by atoms with Gasteiger partial charge in [0.2, 0.25) is 5.78 Å². The average Bonchev–Trinajstić information content (AvgIpc) is 3.27.